The van der Waals surface area contributed by atoms with Crippen LogP contribution in [0.2, 0.25) is 0 Å². The van der Waals surface area contributed by atoms with Crippen LogP contribution in [0.25, 0.3) is 0 Å². The first-order chi connectivity index (χ1) is 10.2. The Morgan fingerprint density at radius 2 is 2.05 bits per heavy atom. The number of unbranched alkanes of at least 4 members (excludes halogenated alkanes) is 1. The van der Waals surface area contributed by atoms with Gasteiger partial charge in [0.25, 0.3) is 5.91 Å². The van der Waals surface area contributed by atoms with Crippen LogP contribution in [0.15, 0.2) is 24.3 Å². The van der Waals surface area contributed by atoms with Crippen LogP contribution in [0.5, 0.6) is 0 Å². The van der Waals surface area contributed by atoms with Gasteiger partial charge >= 0.3 is 0 Å². The van der Waals surface area contributed by atoms with Gasteiger partial charge in [-0.05, 0) is 24.1 Å². The standard InChI is InChI=1S/C15H19N3O2S/c1-3-4-5-13-17-18-15(21-13)16-14(19)12-8-6-11(7-9-12)10-20-2/h6-9H,3-5,10H2,1-2H3,(H,16,18,19). The maximum absolute atomic E-state index is 12.1. The normalized spacial score (nSPS) is 10.6. The molecule has 5 nitrogen and oxygen atoms in total. The summed E-state index contributed by atoms with van der Waals surface area (Å²) in [5.41, 5.74) is 1.63. The van der Waals surface area contributed by atoms with Crippen LogP contribution in [0.4, 0.5) is 5.13 Å². The number of aryl methyl sites for hydroxylation is 1. The van der Waals surface area contributed by atoms with Gasteiger partial charge in [0.05, 0.1) is 6.61 Å². The van der Waals surface area contributed by atoms with Crippen molar-refractivity contribution >= 4 is 22.4 Å². The van der Waals surface area contributed by atoms with E-state index in [1.807, 2.05) is 12.1 Å². The van der Waals surface area contributed by atoms with Crippen LogP contribution in [0.1, 0.15) is 40.7 Å². The van der Waals surface area contributed by atoms with Crippen molar-refractivity contribution < 1.29 is 9.53 Å². The molecule has 6 heteroatoms. The molecule has 21 heavy (non-hydrogen) atoms. The van der Waals surface area contributed by atoms with Gasteiger partial charge in [0.1, 0.15) is 5.01 Å². The Labute approximate surface area is 128 Å². The predicted octanol–water partition coefficient (Wildman–Crippen LogP) is 3.28. The number of ether oxygens (including phenoxy) is 1. The van der Waals surface area contributed by atoms with Crippen LogP contribution in [0.3, 0.4) is 0 Å². The highest BCUT2D eigenvalue weighted by Gasteiger charge is 2.10. The van der Waals surface area contributed by atoms with Crippen molar-refractivity contribution in [3.05, 3.63) is 40.4 Å². The summed E-state index contributed by atoms with van der Waals surface area (Å²) in [5, 5.41) is 12.4. The molecular weight excluding hydrogens is 286 g/mol. The number of aromatic nitrogens is 2. The van der Waals surface area contributed by atoms with Gasteiger partial charge in [-0.3, -0.25) is 10.1 Å². The lowest BCUT2D eigenvalue weighted by molar-refractivity contribution is 0.102. The number of benzene rings is 1. The molecule has 0 fully saturated rings. The molecule has 112 valence electrons. The second-order valence-electron chi connectivity index (χ2n) is 4.69. The fourth-order valence-corrected chi connectivity index (χ4v) is 2.60. The Hall–Kier alpha value is -1.79. The highest BCUT2D eigenvalue weighted by Crippen LogP contribution is 2.18. The van der Waals surface area contributed by atoms with E-state index in [0.29, 0.717) is 17.3 Å². The van der Waals surface area contributed by atoms with Crippen LogP contribution in [-0.2, 0) is 17.8 Å². The predicted molar refractivity (Wildman–Crippen MR) is 83.6 cm³/mol. The van der Waals surface area contributed by atoms with Crippen LogP contribution < -0.4 is 5.32 Å². The average Bonchev–Trinajstić information content (AvgIpc) is 2.93. The van der Waals surface area contributed by atoms with Crippen molar-refractivity contribution in [3.8, 4) is 0 Å². The molecule has 1 amide bonds. The first kappa shape index (κ1) is 15.6. The molecule has 2 aromatic rings. The Bertz CT molecular complexity index is 581. The quantitative estimate of drug-likeness (QED) is 0.852. The number of methoxy groups -OCH3 is 1. The molecule has 0 spiro atoms. The number of amides is 1. The van der Waals surface area contributed by atoms with E-state index in [9.17, 15) is 4.79 Å². The third-order valence-electron chi connectivity index (χ3n) is 2.96. The van der Waals surface area contributed by atoms with Gasteiger partial charge in [-0.25, -0.2) is 0 Å². The summed E-state index contributed by atoms with van der Waals surface area (Å²) >= 11 is 1.43. The third kappa shape index (κ3) is 4.61. The van der Waals surface area contributed by atoms with Crippen molar-refractivity contribution in [2.45, 2.75) is 32.8 Å². The van der Waals surface area contributed by atoms with Gasteiger partial charge in [-0.15, -0.1) is 10.2 Å². The number of anilines is 1. The third-order valence-corrected chi connectivity index (χ3v) is 3.86. The van der Waals surface area contributed by atoms with Gasteiger partial charge in [0, 0.05) is 19.1 Å². The number of hydrogen-bond donors (Lipinski definition) is 1. The lowest BCUT2D eigenvalue weighted by Crippen LogP contribution is -2.11. The van der Waals surface area contributed by atoms with Gasteiger partial charge in [-0.2, -0.15) is 0 Å². The SMILES string of the molecule is CCCCc1nnc(NC(=O)c2ccc(COC)cc2)s1. The minimum Gasteiger partial charge on any atom is -0.380 e. The Morgan fingerprint density at radius 3 is 2.71 bits per heavy atom. The Kier molecular flexibility index (Phi) is 5.83. The van der Waals surface area contributed by atoms with E-state index in [1.54, 1.807) is 19.2 Å². The molecule has 0 bridgehead atoms. The van der Waals surface area contributed by atoms with E-state index < -0.39 is 0 Å². The smallest absolute Gasteiger partial charge is 0.257 e. The molecule has 0 aliphatic rings. The number of nitrogens with one attached hydrogen (secondary N) is 1. The van der Waals surface area contributed by atoms with Crippen molar-refractivity contribution in [3.63, 3.8) is 0 Å². The van der Waals surface area contributed by atoms with Gasteiger partial charge in [0.2, 0.25) is 5.13 Å². The Morgan fingerprint density at radius 1 is 1.29 bits per heavy atom. The summed E-state index contributed by atoms with van der Waals surface area (Å²) in [6.07, 6.45) is 3.12. The largest absolute Gasteiger partial charge is 0.380 e. The number of hydrogen-bond acceptors (Lipinski definition) is 5. The number of carbonyl (C=O) groups is 1. The van der Waals surface area contributed by atoms with Crippen molar-refractivity contribution in [2.24, 2.45) is 0 Å². The molecule has 0 unspecified atom stereocenters. The highest BCUT2D eigenvalue weighted by molar-refractivity contribution is 7.15. The topological polar surface area (TPSA) is 64.1 Å². The number of rotatable bonds is 7. The van der Waals surface area contributed by atoms with E-state index in [-0.39, 0.29) is 5.91 Å². The molecule has 0 aliphatic carbocycles. The van der Waals surface area contributed by atoms with Gasteiger partial charge in [0.15, 0.2) is 0 Å². The minimum atomic E-state index is -0.169. The molecule has 0 radical (unpaired) electrons. The maximum atomic E-state index is 12.1. The molecule has 0 saturated heterocycles. The minimum absolute atomic E-state index is 0.169. The summed E-state index contributed by atoms with van der Waals surface area (Å²) in [4.78, 5) is 12.1. The average molecular weight is 305 g/mol. The molecule has 1 aromatic carbocycles. The lowest BCUT2D eigenvalue weighted by atomic mass is 10.1. The number of nitrogens with zero attached hydrogens (tertiary/aromatic N) is 2. The van der Waals surface area contributed by atoms with E-state index in [4.69, 9.17) is 4.74 Å². The van der Waals surface area contributed by atoms with E-state index in [2.05, 4.69) is 22.4 Å². The summed E-state index contributed by atoms with van der Waals surface area (Å²) in [5.74, 6) is -0.169. The molecule has 1 N–H and O–H groups in total. The zero-order chi connectivity index (χ0) is 15.1. The second kappa shape index (κ2) is 7.85. The lowest BCUT2D eigenvalue weighted by Gasteiger charge is -2.03. The van der Waals surface area contributed by atoms with E-state index >= 15 is 0 Å². The monoisotopic (exact) mass is 305 g/mol. The fraction of sp³-hybridized carbons (Fsp3) is 0.400. The zero-order valence-corrected chi connectivity index (χ0v) is 13.1. The first-order valence-corrected chi connectivity index (χ1v) is 7.76. The number of carbonyl (C=O) groups excluding carboxylic acids is 1. The summed E-state index contributed by atoms with van der Waals surface area (Å²) < 4.78 is 5.04. The first-order valence-electron chi connectivity index (χ1n) is 6.94. The molecular formula is C15H19N3O2S. The molecule has 0 saturated carbocycles. The summed E-state index contributed by atoms with van der Waals surface area (Å²) in [6, 6.07) is 7.32. The molecule has 1 aromatic heterocycles. The summed E-state index contributed by atoms with van der Waals surface area (Å²) in [6.45, 7) is 2.68. The van der Waals surface area contributed by atoms with Crippen LogP contribution >= 0.6 is 11.3 Å². The maximum Gasteiger partial charge on any atom is 0.257 e. The Balaban J connectivity index is 1.95. The zero-order valence-electron chi connectivity index (χ0n) is 12.3. The summed E-state index contributed by atoms with van der Waals surface area (Å²) in [7, 11) is 1.65. The molecule has 2 rings (SSSR count). The molecule has 1 heterocycles. The van der Waals surface area contributed by atoms with E-state index in [1.165, 1.54) is 11.3 Å². The molecule has 0 atom stereocenters. The van der Waals surface area contributed by atoms with Crippen molar-refractivity contribution in [1.29, 1.82) is 0 Å². The van der Waals surface area contributed by atoms with Crippen molar-refractivity contribution in [2.75, 3.05) is 12.4 Å². The van der Waals surface area contributed by atoms with Gasteiger partial charge < -0.3 is 4.74 Å². The van der Waals surface area contributed by atoms with Crippen LogP contribution in [-0.4, -0.2) is 23.2 Å². The van der Waals surface area contributed by atoms with Crippen molar-refractivity contribution in [1.82, 2.24) is 10.2 Å². The second-order valence-corrected chi connectivity index (χ2v) is 5.75. The van der Waals surface area contributed by atoms with E-state index in [0.717, 1.165) is 29.8 Å². The van der Waals surface area contributed by atoms with Crippen LogP contribution in [0, 0.1) is 0 Å². The molecule has 0 aliphatic heterocycles. The highest BCUT2D eigenvalue weighted by atomic mass is 32.1. The van der Waals surface area contributed by atoms with Gasteiger partial charge in [-0.1, -0.05) is 36.8 Å². The fourth-order valence-electron chi connectivity index (χ4n) is 1.82.